The van der Waals surface area contributed by atoms with Crippen LogP contribution < -0.4 is 14.8 Å². The number of nitrogens with zero attached hydrogens (tertiary/aromatic N) is 2. The summed E-state index contributed by atoms with van der Waals surface area (Å²) in [6.45, 7) is 6.21. The van der Waals surface area contributed by atoms with E-state index < -0.39 is 22.2 Å². The Kier molecular flexibility index (Phi) is 11.6. The first-order valence-corrected chi connectivity index (χ1v) is 15.8. The number of aliphatic hydroxyl groups excluding tert-OH is 1. The summed E-state index contributed by atoms with van der Waals surface area (Å²) in [5, 5.41) is 14.5. The number of carbonyl (C=O) groups excluding carboxylic acids is 1. The van der Waals surface area contributed by atoms with E-state index >= 15 is 0 Å². The van der Waals surface area contributed by atoms with Gasteiger partial charge in [-0.2, -0.15) is 4.31 Å². The van der Waals surface area contributed by atoms with Gasteiger partial charge in [0.25, 0.3) is 0 Å². The Morgan fingerprint density at radius 2 is 1.88 bits per heavy atom. The summed E-state index contributed by atoms with van der Waals surface area (Å²) in [4.78, 5) is 15.5. The zero-order chi connectivity index (χ0) is 30.1. The van der Waals surface area contributed by atoms with Crippen LogP contribution in [0.4, 0.5) is 0 Å². The van der Waals surface area contributed by atoms with E-state index in [0.29, 0.717) is 44.3 Å². The van der Waals surface area contributed by atoms with Gasteiger partial charge in [-0.05, 0) is 36.5 Å². The fourth-order valence-corrected chi connectivity index (χ4v) is 6.84. The van der Waals surface area contributed by atoms with Gasteiger partial charge in [-0.1, -0.05) is 44.2 Å². The quantitative estimate of drug-likeness (QED) is 0.295. The normalized spacial score (nSPS) is 18.1. The van der Waals surface area contributed by atoms with Crippen molar-refractivity contribution in [1.82, 2.24) is 14.5 Å². The molecule has 2 aliphatic rings. The van der Waals surface area contributed by atoms with Gasteiger partial charge in [-0.3, -0.25) is 9.69 Å². The lowest BCUT2D eigenvalue weighted by atomic mass is 10.0. The van der Waals surface area contributed by atoms with Crippen LogP contribution in [-0.4, -0.2) is 107 Å². The molecule has 2 aromatic rings. The number of carbonyl (C=O) groups is 1. The summed E-state index contributed by atoms with van der Waals surface area (Å²) in [5.74, 6) is 0.581. The molecule has 4 rings (SSSR count). The highest BCUT2D eigenvalue weighted by Crippen LogP contribution is 2.35. The monoisotopic (exact) mass is 605 g/mol. The number of rotatable bonds is 16. The highest BCUT2D eigenvalue weighted by Gasteiger charge is 2.33. The van der Waals surface area contributed by atoms with Crippen LogP contribution in [0.3, 0.4) is 0 Å². The zero-order valence-electron chi connectivity index (χ0n) is 24.6. The van der Waals surface area contributed by atoms with Crippen LogP contribution >= 0.6 is 0 Å². The summed E-state index contributed by atoms with van der Waals surface area (Å²) in [5.41, 5.74) is 0.913. The Morgan fingerprint density at radius 3 is 2.57 bits per heavy atom. The summed E-state index contributed by atoms with van der Waals surface area (Å²) in [6.07, 6.45) is -0.0219. The Labute approximate surface area is 248 Å². The van der Waals surface area contributed by atoms with Crippen LogP contribution in [0.25, 0.3) is 0 Å². The second kappa shape index (κ2) is 15.1. The van der Waals surface area contributed by atoms with E-state index in [1.165, 1.54) is 16.4 Å². The molecule has 1 amide bonds. The summed E-state index contributed by atoms with van der Waals surface area (Å²) < 4.78 is 50.4. The predicted molar refractivity (Wildman–Crippen MR) is 157 cm³/mol. The number of benzene rings is 2. The molecule has 1 saturated heterocycles. The van der Waals surface area contributed by atoms with Gasteiger partial charge < -0.3 is 29.4 Å². The molecular formula is C30H43N3O8S. The number of aliphatic hydroxyl groups is 1. The molecule has 3 atom stereocenters. The number of ether oxygens (including phenoxy) is 4. The second-order valence-electron chi connectivity index (χ2n) is 11.1. The van der Waals surface area contributed by atoms with Crippen LogP contribution in [0.2, 0.25) is 0 Å². The Balaban J connectivity index is 1.53. The van der Waals surface area contributed by atoms with Gasteiger partial charge in [0.05, 0.1) is 36.8 Å². The molecule has 0 spiro atoms. The van der Waals surface area contributed by atoms with E-state index in [0.717, 1.165) is 12.0 Å². The Bertz CT molecular complexity index is 1250. The molecule has 0 aromatic heterocycles. The first kappa shape index (κ1) is 32.2. The Morgan fingerprint density at radius 1 is 1.12 bits per heavy atom. The fraction of sp³-hybridized carbons (Fsp3) is 0.567. The van der Waals surface area contributed by atoms with Crippen molar-refractivity contribution in [3.05, 3.63) is 54.1 Å². The lowest BCUT2D eigenvalue weighted by Crippen LogP contribution is -2.53. The van der Waals surface area contributed by atoms with Crippen molar-refractivity contribution in [2.45, 2.75) is 49.8 Å². The number of hydrogen-bond donors (Lipinski definition) is 2. The number of hydrogen-bond acceptors (Lipinski definition) is 9. The molecule has 12 heteroatoms. The molecule has 42 heavy (non-hydrogen) atoms. The van der Waals surface area contributed by atoms with Gasteiger partial charge >= 0.3 is 0 Å². The van der Waals surface area contributed by atoms with Crippen LogP contribution in [0.5, 0.6) is 11.5 Å². The van der Waals surface area contributed by atoms with Gasteiger partial charge in [0.1, 0.15) is 0 Å². The molecule has 1 fully saturated rings. The molecule has 232 valence electrons. The van der Waals surface area contributed by atoms with E-state index in [1.807, 2.05) is 49.1 Å². The standard InChI is InChI=1S/C30H43N3O8S/c1-22(2)17-33(42(36,37)25-9-10-28-29(16-25)41-21-40-28)18-27(34)26(15-23-7-5-4-6-8-23)31-30(35)19-32(12-14-38-3)24-11-13-39-20-24/h4-10,16,22,24,26-27,34H,11-15,17-21H2,1-3H3,(H,31,35)/t24-,26-,27+/m0/s1. The van der Waals surface area contributed by atoms with Crippen molar-refractivity contribution in [3.63, 3.8) is 0 Å². The highest BCUT2D eigenvalue weighted by atomic mass is 32.2. The van der Waals surface area contributed by atoms with Crippen LogP contribution in [-0.2, 0) is 30.7 Å². The molecule has 0 saturated carbocycles. The topological polar surface area (TPSA) is 127 Å². The summed E-state index contributed by atoms with van der Waals surface area (Å²) in [6, 6.07) is 13.4. The smallest absolute Gasteiger partial charge is 0.243 e. The van der Waals surface area contributed by atoms with Crippen molar-refractivity contribution < 1.29 is 37.3 Å². The number of fused-ring (bicyclic) bond motifs is 1. The Hall–Kier alpha value is -2.74. The number of amides is 1. The third-order valence-corrected chi connectivity index (χ3v) is 9.23. The highest BCUT2D eigenvalue weighted by molar-refractivity contribution is 7.89. The molecule has 11 nitrogen and oxygen atoms in total. The molecule has 2 aromatic carbocycles. The molecule has 0 radical (unpaired) electrons. The van der Waals surface area contributed by atoms with Gasteiger partial charge in [0, 0.05) is 45.5 Å². The molecule has 2 heterocycles. The van der Waals surface area contributed by atoms with Crippen molar-refractivity contribution in [2.75, 3.05) is 59.9 Å². The van der Waals surface area contributed by atoms with E-state index in [-0.39, 0.29) is 49.2 Å². The van der Waals surface area contributed by atoms with E-state index in [1.54, 1.807) is 13.2 Å². The first-order valence-electron chi connectivity index (χ1n) is 14.4. The maximum absolute atomic E-state index is 13.8. The number of nitrogens with one attached hydrogen (secondary N) is 1. The van der Waals surface area contributed by atoms with Crippen LogP contribution in [0.15, 0.2) is 53.4 Å². The minimum absolute atomic E-state index is 0.00822. The maximum atomic E-state index is 13.8. The van der Waals surface area contributed by atoms with E-state index in [4.69, 9.17) is 18.9 Å². The third kappa shape index (κ3) is 8.65. The van der Waals surface area contributed by atoms with E-state index in [2.05, 4.69) is 5.32 Å². The van der Waals surface area contributed by atoms with Gasteiger partial charge in [-0.15, -0.1) is 0 Å². The average Bonchev–Trinajstić information content (AvgIpc) is 3.67. The molecule has 2 aliphatic heterocycles. The van der Waals surface area contributed by atoms with Gasteiger partial charge in [0.15, 0.2) is 11.5 Å². The van der Waals surface area contributed by atoms with Crippen molar-refractivity contribution >= 4 is 15.9 Å². The average molecular weight is 606 g/mol. The molecule has 0 aliphatic carbocycles. The third-order valence-electron chi connectivity index (χ3n) is 7.40. The largest absolute Gasteiger partial charge is 0.454 e. The van der Waals surface area contributed by atoms with Gasteiger partial charge in [-0.25, -0.2) is 8.42 Å². The lowest BCUT2D eigenvalue weighted by molar-refractivity contribution is -0.124. The maximum Gasteiger partial charge on any atom is 0.243 e. The summed E-state index contributed by atoms with van der Waals surface area (Å²) in [7, 11) is -2.38. The minimum atomic E-state index is -4.00. The van der Waals surface area contributed by atoms with Crippen molar-refractivity contribution in [1.29, 1.82) is 0 Å². The number of sulfonamides is 1. The predicted octanol–water partition coefficient (Wildman–Crippen LogP) is 1.89. The van der Waals surface area contributed by atoms with Crippen molar-refractivity contribution in [2.24, 2.45) is 5.92 Å². The fourth-order valence-electron chi connectivity index (χ4n) is 5.20. The van der Waals surface area contributed by atoms with E-state index in [9.17, 15) is 18.3 Å². The van der Waals surface area contributed by atoms with Crippen molar-refractivity contribution in [3.8, 4) is 11.5 Å². The first-order chi connectivity index (χ1) is 20.2. The van der Waals surface area contributed by atoms with Crippen LogP contribution in [0.1, 0.15) is 25.8 Å². The SMILES string of the molecule is COCCN(CC(=O)N[C@@H](Cc1ccccc1)[C@H](O)CN(CC(C)C)S(=O)(=O)c1ccc2c(c1)OCO2)[C@H]1CCOC1. The zero-order valence-corrected chi connectivity index (χ0v) is 25.4. The molecular weight excluding hydrogens is 562 g/mol. The molecule has 0 bridgehead atoms. The summed E-state index contributed by atoms with van der Waals surface area (Å²) >= 11 is 0. The molecule has 2 N–H and O–H groups in total. The lowest BCUT2D eigenvalue weighted by Gasteiger charge is -2.32. The van der Waals surface area contributed by atoms with Gasteiger partial charge in [0.2, 0.25) is 22.7 Å². The van der Waals surface area contributed by atoms with Crippen LogP contribution in [0, 0.1) is 5.92 Å². The minimum Gasteiger partial charge on any atom is -0.454 e. The second-order valence-corrected chi connectivity index (χ2v) is 13.1. The molecule has 0 unspecified atom stereocenters. The number of methoxy groups -OCH3 is 1.